The fraction of sp³-hybridized carbons (Fsp3) is 0.533. The minimum absolute atomic E-state index is 0.159. The summed E-state index contributed by atoms with van der Waals surface area (Å²) in [4.78, 5) is 12.0. The van der Waals surface area contributed by atoms with Crippen molar-refractivity contribution < 1.29 is 9.53 Å². The normalized spacial score (nSPS) is 16.1. The first kappa shape index (κ1) is 14.2. The van der Waals surface area contributed by atoms with Crippen molar-refractivity contribution in [1.82, 2.24) is 5.32 Å². The number of nitrogens with one attached hydrogen (secondary N) is 1. The fourth-order valence-electron chi connectivity index (χ4n) is 2.49. The van der Waals surface area contributed by atoms with Gasteiger partial charge in [0.25, 0.3) is 0 Å². The molecule has 3 nitrogen and oxygen atoms in total. The third-order valence-corrected chi connectivity index (χ3v) is 4.04. The molecule has 1 aromatic rings. The molecule has 1 amide bonds. The molecule has 4 heteroatoms. The van der Waals surface area contributed by atoms with Crippen LogP contribution in [0.4, 0.5) is 0 Å². The summed E-state index contributed by atoms with van der Waals surface area (Å²) in [6, 6.07) is 5.51. The zero-order valence-corrected chi connectivity index (χ0v) is 12.0. The largest absolute Gasteiger partial charge is 0.497 e. The monoisotopic (exact) mass is 281 g/mol. The van der Waals surface area contributed by atoms with Gasteiger partial charge in [-0.05, 0) is 30.5 Å². The molecule has 0 bridgehead atoms. The third-order valence-electron chi connectivity index (χ3n) is 3.69. The van der Waals surface area contributed by atoms with Crippen LogP contribution in [0.1, 0.15) is 37.7 Å². The maximum atomic E-state index is 12.0. The molecule has 104 valence electrons. The minimum atomic E-state index is 0.159. The molecule has 0 aromatic heterocycles. The summed E-state index contributed by atoms with van der Waals surface area (Å²) < 4.78 is 5.10. The summed E-state index contributed by atoms with van der Waals surface area (Å²) in [6.07, 6.45) is 5.63. The molecular formula is C15H20ClNO2. The highest BCUT2D eigenvalue weighted by atomic mass is 35.5. The molecule has 0 aliphatic heterocycles. The van der Waals surface area contributed by atoms with E-state index in [1.165, 1.54) is 19.3 Å². The van der Waals surface area contributed by atoms with Crippen LogP contribution in [0.5, 0.6) is 5.75 Å². The Balaban J connectivity index is 1.89. The summed E-state index contributed by atoms with van der Waals surface area (Å²) >= 11 is 6.15. The first-order chi connectivity index (χ1) is 9.20. The molecule has 1 aromatic carbocycles. The zero-order chi connectivity index (χ0) is 13.7. The van der Waals surface area contributed by atoms with E-state index in [-0.39, 0.29) is 11.8 Å². The molecule has 1 aliphatic rings. The Morgan fingerprint density at radius 3 is 2.74 bits per heavy atom. The number of hydrogen-bond acceptors (Lipinski definition) is 2. The quantitative estimate of drug-likeness (QED) is 0.917. The first-order valence-electron chi connectivity index (χ1n) is 6.81. The molecular weight excluding hydrogens is 262 g/mol. The van der Waals surface area contributed by atoms with Crippen LogP contribution in [-0.4, -0.2) is 13.0 Å². The van der Waals surface area contributed by atoms with Crippen molar-refractivity contribution in [2.24, 2.45) is 5.92 Å². The minimum Gasteiger partial charge on any atom is -0.497 e. The Kier molecular flexibility index (Phi) is 5.08. The maximum absolute atomic E-state index is 12.0. The predicted molar refractivity (Wildman–Crippen MR) is 76.4 cm³/mol. The van der Waals surface area contributed by atoms with Gasteiger partial charge in [0.05, 0.1) is 7.11 Å². The second-order valence-corrected chi connectivity index (χ2v) is 5.42. The molecule has 19 heavy (non-hydrogen) atoms. The number of carbonyl (C=O) groups is 1. The first-order valence-corrected chi connectivity index (χ1v) is 7.18. The van der Waals surface area contributed by atoms with Crippen molar-refractivity contribution in [3.05, 3.63) is 28.8 Å². The lowest BCUT2D eigenvalue weighted by Gasteiger charge is -2.20. The number of benzene rings is 1. The lowest BCUT2D eigenvalue weighted by molar-refractivity contribution is -0.126. The number of amides is 1. The average Bonchev–Trinajstić information content (AvgIpc) is 2.46. The second kappa shape index (κ2) is 6.80. The Hall–Kier alpha value is -1.22. The topological polar surface area (TPSA) is 38.3 Å². The second-order valence-electron chi connectivity index (χ2n) is 5.01. The molecule has 0 unspecified atom stereocenters. The van der Waals surface area contributed by atoms with Crippen LogP contribution < -0.4 is 10.1 Å². The lowest BCUT2D eigenvalue weighted by atomic mass is 9.88. The Morgan fingerprint density at radius 2 is 2.11 bits per heavy atom. The fourth-order valence-corrected chi connectivity index (χ4v) is 2.73. The number of rotatable bonds is 4. The van der Waals surface area contributed by atoms with Crippen LogP contribution >= 0.6 is 11.6 Å². The lowest BCUT2D eigenvalue weighted by Crippen LogP contribution is -2.31. The molecule has 1 fully saturated rings. The summed E-state index contributed by atoms with van der Waals surface area (Å²) in [5.41, 5.74) is 0.923. The van der Waals surface area contributed by atoms with Gasteiger partial charge in [0.1, 0.15) is 5.75 Å². The number of hydrogen-bond donors (Lipinski definition) is 1. The molecule has 0 atom stereocenters. The van der Waals surface area contributed by atoms with Crippen LogP contribution in [0.3, 0.4) is 0 Å². The highest BCUT2D eigenvalue weighted by molar-refractivity contribution is 6.31. The van der Waals surface area contributed by atoms with Crippen molar-refractivity contribution >= 4 is 17.5 Å². The van der Waals surface area contributed by atoms with Crippen molar-refractivity contribution in [3.8, 4) is 5.75 Å². The van der Waals surface area contributed by atoms with E-state index in [9.17, 15) is 4.79 Å². The number of halogens is 1. The van der Waals surface area contributed by atoms with Gasteiger partial charge in [-0.25, -0.2) is 0 Å². The van der Waals surface area contributed by atoms with Crippen LogP contribution in [0.25, 0.3) is 0 Å². The number of ether oxygens (including phenoxy) is 1. The van der Waals surface area contributed by atoms with E-state index in [0.717, 1.165) is 24.2 Å². The van der Waals surface area contributed by atoms with E-state index >= 15 is 0 Å². The summed E-state index contributed by atoms with van der Waals surface area (Å²) in [5.74, 6) is 1.07. The molecule has 1 saturated carbocycles. The molecule has 2 rings (SSSR count). The predicted octanol–water partition coefficient (Wildman–Crippen LogP) is 3.55. The highest BCUT2D eigenvalue weighted by Gasteiger charge is 2.20. The van der Waals surface area contributed by atoms with Gasteiger partial charge in [-0.3, -0.25) is 4.79 Å². The van der Waals surface area contributed by atoms with Gasteiger partial charge in [-0.2, -0.15) is 0 Å². The van der Waals surface area contributed by atoms with Crippen LogP contribution in [0.2, 0.25) is 5.02 Å². The van der Waals surface area contributed by atoms with Crippen LogP contribution in [0, 0.1) is 5.92 Å². The smallest absolute Gasteiger partial charge is 0.223 e. The Labute approximate surface area is 119 Å². The molecule has 1 aliphatic carbocycles. The molecule has 0 spiro atoms. The van der Waals surface area contributed by atoms with Gasteiger partial charge in [0.15, 0.2) is 0 Å². The molecule has 1 N–H and O–H groups in total. The number of carbonyl (C=O) groups excluding carboxylic acids is 1. The van der Waals surface area contributed by atoms with Gasteiger partial charge >= 0.3 is 0 Å². The van der Waals surface area contributed by atoms with E-state index in [1.54, 1.807) is 13.2 Å². The van der Waals surface area contributed by atoms with E-state index in [1.807, 2.05) is 12.1 Å². The maximum Gasteiger partial charge on any atom is 0.223 e. The third kappa shape index (κ3) is 3.87. The summed E-state index contributed by atoms with van der Waals surface area (Å²) in [7, 11) is 1.61. The standard InChI is InChI=1S/C15H20ClNO2/c1-19-13-8-7-12(14(16)9-13)10-17-15(18)11-5-3-2-4-6-11/h7-9,11H,2-6,10H2,1H3,(H,17,18). The Morgan fingerprint density at radius 1 is 1.37 bits per heavy atom. The number of methoxy groups -OCH3 is 1. The van der Waals surface area contributed by atoms with Crippen molar-refractivity contribution in [1.29, 1.82) is 0 Å². The van der Waals surface area contributed by atoms with Gasteiger partial charge in [-0.1, -0.05) is 36.9 Å². The molecule has 0 radical (unpaired) electrons. The van der Waals surface area contributed by atoms with E-state index in [0.29, 0.717) is 11.6 Å². The van der Waals surface area contributed by atoms with Crippen LogP contribution in [-0.2, 0) is 11.3 Å². The van der Waals surface area contributed by atoms with Crippen molar-refractivity contribution in [3.63, 3.8) is 0 Å². The Bertz CT molecular complexity index is 442. The van der Waals surface area contributed by atoms with Crippen molar-refractivity contribution in [2.75, 3.05) is 7.11 Å². The van der Waals surface area contributed by atoms with E-state index in [2.05, 4.69) is 5.32 Å². The van der Waals surface area contributed by atoms with Gasteiger partial charge in [0, 0.05) is 17.5 Å². The molecule has 0 saturated heterocycles. The van der Waals surface area contributed by atoms with Crippen LogP contribution in [0.15, 0.2) is 18.2 Å². The van der Waals surface area contributed by atoms with Gasteiger partial charge in [-0.15, -0.1) is 0 Å². The SMILES string of the molecule is COc1ccc(CNC(=O)C2CCCCC2)c(Cl)c1. The van der Waals surface area contributed by atoms with Gasteiger partial charge in [0.2, 0.25) is 5.91 Å². The van der Waals surface area contributed by atoms with Crippen molar-refractivity contribution in [2.45, 2.75) is 38.6 Å². The highest BCUT2D eigenvalue weighted by Crippen LogP contribution is 2.25. The summed E-state index contributed by atoms with van der Waals surface area (Å²) in [6.45, 7) is 0.484. The average molecular weight is 282 g/mol. The zero-order valence-electron chi connectivity index (χ0n) is 11.2. The van der Waals surface area contributed by atoms with E-state index in [4.69, 9.17) is 16.3 Å². The van der Waals surface area contributed by atoms with E-state index < -0.39 is 0 Å². The van der Waals surface area contributed by atoms with Gasteiger partial charge < -0.3 is 10.1 Å². The summed E-state index contributed by atoms with van der Waals surface area (Å²) in [5, 5.41) is 3.61. The molecule has 0 heterocycles.